The zero-order chi connectivity index (χ0) is 25.4. The number of rotatable bonds is 8. The lowest BCUT2D eigenvalue weighted by atomic mass is 9.80. The Morgan fingerprint density at radius 1 is 1.06 bits per heavy atom. The van der Waals surface area contributed by atoms with Gasteiger partial charge < -0.3 is 19.2 Å². The SMILES string of the molecule is CCOc1cc(N(CC)CC)ccc1C1(c2c(C)n(OC)c3ccccc23)OC(=O)c2cccnc21. The molecule has 0 saturated heterocycles. The number of hydrogen-bond donors (Lipinski definition) is 0. The minimum Gasteiger partial charge on any atom is -0.493 e. The summed E-state index contributed by atoms with van der Waals surface area (Å²) in [5.74, 6) is 0.240. The highest BCUT2D eigenvalue weighted by Crippen LogP contribution is 2.52. The molecule has 186 valence electrons. The third-order valence-corrected chi connectivity index (χ3v) is 6.97. The maximum Gasteiger partial charge on any atom is 0.341 e. The van der Waals surface area contributed by atoms with E-state index < -0.39 is 11.6 Å². The molecule has 7 nitrogen and oxygen atoms in total. The molecule has 1 aliphatic heterocycles. The van der Waals surface area contributed by atoms with E-state index in [2.05, 4.69) is 24.8 Å². The van der Waals surface area contributed by atoms with Crippen molar-refractivity contribution >= 4 is 22.6 Å². The minimum absolute atomic E-state index is 0.415. The molecule has 0 fully saturated rings. The van der Waals surface area contributed by atoms with Gasteiger partial charge in [-0.1, -0.05) is 18.2 Å². The van der Waals surface area contributed by atoms with Crippen LogP contribution in [-0.2, 0) is 10.3 Å². The van der Waals surface area contributed by atoms with Crippen LogP contribution in [0.3, 0.4) is 0 Å². The lowest BCUT2D eigenvalue weighted by molar-refractivity contribution is 0.0234. The molecule has 1 atom stereocenters. The monoisotopic (exact) mass is 485 g/mol. The Hall–Kier alpha value is -4.00. The van der Waals surface area contributed by atoms with Crippen LogP contribution in [-0.4, -0.2) is 42.5 Å². The van der Waals surface area contributed by atoms with Crippen LogP contribution in [0, 0.1) is 6.92 Å². The second kappa shape index (κ2) is 9.22. The first-order valence-corrected chi connectivity index (χ1v) is 12.4. The Morgan fingerprint density at radius 2 is 1.83 bits per heavy atom. The van der Waals surface area contributed by atoms with Crippen molar-refractivity contribution in [1.29, 1.82) is 0 Å². The number of anilines is 1. The molecule has 0 N–H and O–H groups in total. The molecule has 3 heterocycles. The smallest absolute Gasteiger partial charge is 0.341 e. The largest absolute Gasteiger partial charge is 0.493 e. The number of para-hydroxylation sites is 1. The second-order valence-corrected chi connectivity index (χ2v) is 8.71. The highest BCUT2D eigenvalue weighted by molar-refractivity contribution is 5.98. The van der Waals surface area contributed by atoms with Crippen LogP contribution >= 0.6 is 0 Å². The van der Waals surface area contributed by atoms with Crippen LogP contribution < -0.4 is 14.5 Å². The van der Waals surface area contributed by atoms with E-state index in [1.807, 2.05) is 50.2 Å². The predicted molar refractivity (Wildman–Crippen MR) is 140 cm³/mol. The molecule has 0 bridgehead atoms. The van der Waals surface area contributed by atoms with Crippen molar-refractivity contribution in [3.05, 3.63) is 88.9 Å². The van der Waals surface area contributed by atoms with Gasteiger partial charge in [-0.25, -0.2) is 4.79 Å². The van der Waals surface area contributed by atoms with Gasteiger partial charge in [0.1, 0.15) is 18.6 Å². The van der Waals surface area contributed by atoms with Crippen LogP contribution in [0.1, 0.15) is 53.6 Å². The number of nitrogens with zero attached hydrogens (tertiary/aromatic N) is 3. The molecule has 1 unspecified atom stereocenters. The summed E-state index contributed by atoms with van der Waals surface area (Å²) in [4.78, 5) is 26.1. The van der Waals surface area contributed by atoms with Gasteiger partial charge in [0.15, 0.2) is 0 Å². The van der Waals surface area contributed by atoms with Crippen LogP contribution in [0.2, 0.25) is 0 Å². The van der Waals surface area contributed by atoms with E-state index in [4.69, 9.17) is 19.3 Å². The fourth-order valence-corrected chi connectivity index (χ4v) is 5.46. The zero-order valence-electron chi connectivity index (χ0n) is 21.4. The number of pyridine rings is 1. The van der Waals surface area contributed by atoms with Crippen LogP contribution in [0.15, 0.2) is 60.8 Å². The lowest BCUT2D eigenvalue weighted by Crippen LogP contribution is -2.32. The van der Waals surface area contributed by atoms with E-state index in [9.17, 15) is 4.79 Å². The number of ether oxygens (including phenoxy) is 2. The van der Waals surface area contributed by atoms with Crippen molar-refractivity contribution in [3.63, 3.8) is 0 Å². The van der Waals surface area contributed by atoms with E-state index in [-0.39, 0.29) is 0 Å². The van der Waals surface area contributed by atoms with E-state index in [0.717, 1.165) is 46.5 Å². The van der Waals surface area contributed by atoms with E-state index in [0.29, 0.717) is 23.6 Å². The quantitative estimate of drug-likeness (QED) is 0.323. The maximum atomic E-state index is 13.3. The lowest BCUT2D eigenvalue weighted by Gasteiger charge is -2.32. The van der Waals surface area contributed by atoms with Crippen molar-refractivity contribution in [2.24, 2.45) is 0 Å². The van der Waals surface area contributed by atoms with Crippen LogP contribution in [0.4, 0.5) is 5.69 Å². The number of hydrogen-bond acceptors (Lipinski definition) is 6. The van der Waals surface area contributed by atoms with Crippen molar-refractivity contribution in [3.8, 4) is 5.75 Å². The third kappa shape index (κ3) is 3.33. The molecule has 7 heteroatoms. The number of benzene rings is 2. The molecule has 0 radical (unpaired) electrons. The number of esters is 1. The molecule has 4 aromatic rings. The number of carbonyl (C=O) groups excluding carboxylic acids is 1. The number of cyclic esters (lactones) is 1. The van der Waals surface area contributed by atoms with Crippen molar-refractivity contribution in [1.82, 2.24) is 9.71 Å². The van der Waals surface area contributed by atoms with Gasteiger partial charge in [0.2, 0.25) is 5.60 Å². The number of carbonyl (C=O) groups is 1. The number of fused-ring (bicyclic) bond motifs is 2. The van der Waals surface area contributed by atoms with Gasteiger partial charge in [-0.05, 0) is 58.0 Å². The summed E-state index contributed by atoms with van der Waals surface area (Å²) in [7, 11) is 1.63. The molecule has 0 saturated carbocycles. The molecule has 2 aromatic carbocycles. The molecule has 0 aliphatic carbocycles. The van der Waals surface area contributed by atoms with Crippen molar-refractivity contribution < 1.29 is 19.1 Å². The molecular weight excluding hydrogens is 454 g/mol. The average Bonchev–Trinajstić information content (AvgIpc) is 3.36. The minimum atomic E-state index is -1.31. The molecule has 5 rings (SSSR count). The van der Waals surface area contributed by atoms with Gasteiger partial charge in [0.25, 0.3) is 0 Å². The van der Waals surface area contributed by atoms with E-state index >= 15 is 0 Å². The third-order valence-electron chi connectivity index (χ3n) is 6.97. The summed E-state index contributed by atoms with van der Waals surface area (Å²) in [6.45, 7) is 10.4. The summed E-state index contributed by atoms with van der Waals surface area (Å²) in [6, 6.07) is 17.6. The normalized spacial score (nSPS) is 16.6. The number of aromatic nitrogens is 2. The molecule has 1 aliphatic rings. The molecule has 2 aromatic heterocycles. The van der Waals surface area contributed by atoms with Crippen LogP contribution in [0.5, 0.6) is 5.75 Å². The topological polar surface area (TPSA) is 65.8 Å². The Bertz CT molecular complexity index is 1440. The van der Waals surface area contributed by atoms with Gasteiger partial charge >= 0.3 is 5.97 Å². The Morgan fingerprint density at radius 3 is 2.56 bits per heavy atom. The van der Waals surface area contributed by atoms with E-state index in [1.54, 1.807) is 30.2 Å². The first-order chi connectivity index (χ1) is 17.5. The Labute approximate surface area is 211 Å². The molecule has 0 spiro atoms. The highest BCUT2D eigenvalue weighted by atomic mass is 16.6. The van der Waals surface area contributed by atoms with Crippen molar-refractivity contribution in [2.45, 2.75) is 33.3 Å². The average molecular weight is 486 g/mol. The Kier molecular flexibility index (Phi) is 6.08. The van der Waals surface area contributed by atoms with Gasteiger partial charge in [-0.2, -0.15) is 4.73 Å². The van der Waals surface area contributed by atoms with E-state index in [1.165, 1.54) is 0 Å². The standard InChI is InChI=1S/C29H31N3O4/c1-6-31(7-2)20-15-16-23(25(18-20)35-8-3)29(27-22(28(33)36-29)13-11-17-30-27)26-19(4)32(34-5)24-14-10-9-12-21(24)26/h9-18H,6-8H2,1-5H3. The van der Waals surface area contributed by atoms with Gasteiger partial charge in [-0.3, -0.25) is 4.98 Å². The van der Waals surface area contributed by atoms with Gasteiger partial charge in [-0.15, -0.1) is 0 Å². The molecular formula is C29H31N3O4. The zero-order valence-corrected chi connectivity index (χ0v) is 21.4. The first kappa shape index (κ1) is 23.7. The predicted octanol–water partition coefficient (Wildman–Crippen LogP) is 5.11. The summed E-state index contributed by atoms with van der Waals surface area (Å²) in [5.41, 5.74) is 3.97. The fourth-order valence-electron chi connectivity index (χ4n) is 5.46. The second-order valence-electron chi connectivity index (χ2n) is 8.71. The summed E-state index contributed by atoms with van der Waals surface area (Å²) < 4.78 is 14.4. The summed E-state index contributed by atoms with van der Waals surface area (Å²) >= 11 is 0. The van der Waals surface area contributed by atoms with Crippen LogP contribution in [0.25, 0.3) is 10.9 Å². The fraction of sp³-hybridized carbons (Fsp3) is 0.310. The first-order valence-electron chi connectivity index (χ1n) is 12.4. The highest BCUT2D eigenvalue weighted by Gasteiger charge is 2.54. The summed E-state index contributed by atoms with van der Waals surface area (Å²) in [5, 5.41) is 0.915. The molecule has 36 heavy (non-hydrogen) atoms. The van der Waals surface area contributed by atoms with Gasteiger partial charge in [0.05, 0.1) is 23.4 Å². The maximum absolute atomic E-state index is 13.3. The summed E-state index contributed by atoms with van der Waals surface area (Å²) in [6.07, 6.45) is 1.70. The molecule has 0 amide bonds. The van der Waals surface area contributed by atoms with Crippen molar-refractivity contribution in [2.75, 3.05) is 31.7 Å². The van der Waals surface area contributed by atoms with Gasteiger partial charge in [0, 0.05) is 47.6 Å². The Balaban J connectivity index is 1.90.